The fourth-order valence-corrected chi connectivity index (χ4v) is 2.74. The molecule has 16 heavy (non-hydrogen) atoms. The molecule has 1 atom stereocenters. The fraction of sp³-hybridized carbons (Fsp3) is 0.769. The summed E-state index contributed by atoms with van der Waals surface area (Å²) in [4.78, 5) is 0. The number of hydrogen-bond acceptors (Lipinski definition) is 3. The van der Waals surface area contributed by atoms with Gasteiger partial charge in [0.05, 0.1) is 6.20 Å². The Hall–Kier alpha value is -0.830. The molecule has 90 valence electrons. The van der Waals surface area contributed by atoms with Crippen LogP contribution in [0.25, 0.3) is 0 Å². The normalized spacial score (nSPS) is 19.8. The first-order chi connectivity index (χ1) is 7.90. The molecule has 1 unspecified atom stereocenters. The zero-order valence-electron chi connectivity index (χ0n) is 10.1. The van der Waals surface area contributed by atoms with Gasteiger partial charge in [0.15, 0.2) is 0 Å². The Labute approximate surface area is 97.6 Å². The molecule has 0 spiro atoms. The van der Waals surface area contributed by atoms with Gasteiger partial charge in [-0.1, -0.05) is 31.3 Å². The molecule has 0 aliphatic heterocycles. The quantitative estimate of drug-likeness (QED) is 0.831. The number of aromatic nitrogens is 1. The molecule has 0 amide bonds. The van der Waals surface area contributed by atoms with Gasteiger partial charge in [-0.25, -0.2) is 0 Å². The van der Waals surface area contributed by atoms with E-state index in [4.69, 9.17) is 4.52 Å². The zero-order chi connectivity index (χ0) is 11.2. The summed E-state index contributed by atoms with van der Waals surface area (Å²) in [7, 11) is 0. The van der Waals surface area contributed by atoms with E-state index < -0.39 is 0 Å². The minimum Gasteiger partial charge on any atom is -0.364 e. The number of nitrogens with one attached hydrogen (secondary N) is 1. The Bertz CT molecular complexity index is 278. The van der Waals surface area contributed by atoms with Crippen molar-refractivity contribution in [2.75, 3.05) is 0 Å². The van der Waals surface area contributed by atoms with Gasteiger partial charge in [-0.15, -0.1) is 0 Å². The van der Waals surface area contributed by atoms with Crippen molar-refractivity contribution < 1.29 is 4.52 Å². The first-order valence-corrected chi connectivity index (χ1v) is 6.51. The predicted molar refractivity (Wildman–Crippen MR) is 64.0 cm³/mol. The maximum absolute atomic E-state index is 4.84. The molecule has 3 heteroatoms. The Morgan fingerprint density at radius 2 is 2.25 bits per heavy atom. The first-order valence-electron chi connectivity index (χ1n) is 6.51. The maximum Gasteiger partial charge on any atom is 0.128 e. The molecule has 3 nitrogen and oxygen atoms in total. The van der Waals surface area contributed by atoms with Crippen molar-refractivity contribution in [1.29, 1.82) is 0 Å². The highest BCUT2D eigenvalue weighted by Crippen LogP contribution is 2.27. The average Bonchev–Trinajstić information content (AvgIpc) is 2.84. The molecule has 1 aliphatic carbocycles. The lowest BCUT2D eigenvalue weighted by molar-refractivity contribution is 0.261. The molecular weight excluding hydrogens is 200 g/mol. The number of hydrogen-bond donors (Lipinski definition) is 1. The van der Waals surface area contributed by atoms with Gasteiger partial charge in [-0.3, -0.25) is 0 Å². The third kappa shape index (κ3) is 3.08. The van der Waals surface area contributed by atoms with Crippen LogP contribution in [0.15, 0.2) is 17.0 Å². The van der Waals surface area contributed by atoms with Crippen LogP contribution in [-0.2, 0) is 6.54 Å². The van der Waals surface area contributed by atoms with Crippen LogP contribution < -0.4 is 5.32 Å². The van der Waals surface area contributed by atoms with Crippen LogP contribution in [0.2, 0.25) is 0 Å². The molecule has 0 radical (unpaired) electrons. The van der Waals surface area contributed by atoms with Gasteiger partial charge in [0.1, 0.15) is 6.26 Å². The van der Waals surface area contributed by atoms with Crippen molar-refractivity contribution in [3.8, 4) is 0 Å². The molecule has 1 aliphatic rings. The molecule has 1 aromatic heterocycles. The van der Waals surface area contributed by atoms with E-state index in [0.717, 1.165) is 18.0 Å². The largest absolute Gasteiger partial charge is 0.364 e. The average molecular weight is 222 g/mol. The lowest BCUT2D eigenvalue weighted by atomic mass is 9.83. The van der Waals surface area contributed by atoms with Crippen LogP contribution in [0.1, 0.15) is 51.0 Å². The second-order valence-electron chi connectivity index (χ2n) is 4.83. The van der Waals surface area contributed by atoms with Gasteiger partial charge >= 0.3 is 0 Å². The highest BCUT2D eigenvalue weighted by molar-refractivity contribution is 4.99. The third-order valence-electron chi connectivity index (χ3n) is 3.71. The van der Waals surface area contributed by atoms with Crippen molar-refractivity contribution in [3.63, 3.8) is 0 Å². The van der Waals surface area contributed by atoms with Gasteiger partial charge < -0.3 is 9.84 Å². The number of nitrogens with zero attached hydrogens (tertiary/aromatic N) is 1. The van der Waals surface area contributed by atoms with E-state index in [9.17, 15) is 0 Å². The number of rotatable bonds is 5. The Kier molecular flexibility index (Phi) is 4.40. The SMILES string of the molecule is CCC(NCc1cnoc1)C1CCCCC1. The summed E-state index contributed by atoms with van der Waals surface area (Å²) in [6.07, 6.45) is 11.8. The highest BCUT2D eigenvalue weighted by atomic mass is 16.5. The zero-order valence-corrected chi connectivity index (χ0v) is 10.1. The van der Waals surface area contributed by atoms with Crippen LogP contribution in [-0.4, -0.2) is 11.2 Å². The molecule has 1 N–H and O–H groups in total. The Balaban J connectivity index is 1.80. The van der Waals surface area contributed by atoms with Crippen LogP contribution in [0.4, 0.5) is 0 Å². The lowest BCUT2D eigenvalue weighted by Crippen LogP contribution is -2.36. The summed E-state index contributed by atoms with van der Waals surface area (Å²) in [6, 6.07) is 0.662. The molecule has 0 aromatic carbocycles. The van der Waals surface area contributed by atoms with Crippen LogP contribution in [0.5, 0.6) is 0 Å². The van der Waals surface area contributed by atoms with E-state index in [-0.39, 0.29) is 0 Å². The molecule has 0 saturated heterocycles. The second kappa shape index (κ2) is 6.04. The summed E-state index contributed by atoms with van der Waals surface area (Å²) < 4.78 is 4.84. The molecule has 0 bridgehead atoms. The third-order valence-corrected chi connectivity index (χ3v) is 3.71. The van der Waals surface area contributed by atoms with Gasteiger partial charge in [0, 0.05) is 18.2 Å². The standard InChI is InChI=1S/C13H22N2O/c1-2-13(12-6-4-3-5-7-12)14-8-11-9-15-16-10-11/h9-10,12-14H,2-8H2,1H3. The highest BCUT2D eigenvalue weighted by Gasteiger charge is 2.21. The summed E-state index contributed by atoms with van der Waals surface area (Å²) in [5, 5.41) is 7.36. The smallest absolute Gasteiger partial charge is 0.128 e. The molecule has 2 rings (SSSR count). The van der Waals surface area contributed by atoms with Crippen LogP contribution in [0, 0.1) is 5.92 Å². The Morgan fingerprint density at radius 1 is 1.44 bits per heavy atom. The van der Waals surface area contributed by atoms with E-state index in [0.29, 0.717) is 6.04 Å². The van der Waals surface area contributed by atoms with Crippen LogP contribution in [0.3, 0.4) is 0 Å². The van der Waals surface area contributed by atoms with Gasteiger partial charge in [-0.2, -0.15) is 0 Å². The summed E-state index contributed by atoms with van der Waals surface area (Å²) in [5.74, 6) is 0.874. The van der Waals surface area contributed by atoms with E-state index in [1.807, 2.05) is 0 Å². The Morgan fingerprint density at radius 3 is 2.88 bits per heavy atom. The first kappa shape index (κ1) is 11.6. The molecule has 1 heterocycles. The lowest BCUT2D eigenvalue weighted by Gasteiger charge is -2.30. The fourth-order valence-electron chi connectivity index (χ4n) is 2.74. The van der Waals surface area contributed by atoms with E-state index >= 15 is 0 Å². The topological polar surface area (TPSA) is 38.1 Å². The summed E-state index contributed by atoms with van der Waals surface area (Å²) in [5.41, 5.74) is 1.15. The van der Waals surface area contributed by atoms with Gasteiger partial charge in [0.2, 0.25) is 0 Å². The van der Waals surface area contributed by atoms with E-state index in [1.54, 1.807) is 12.5 Å². The molecule has 1 aromatic rings. The van der Waals surface area contributed by atoms with Crippen molar-refractivity contribution in [3.05, 3.63) is 18.0 Å². The summed E-state index contributed by atoms with van der Waals surface area (Å²) in [6.45, 7) is 3.17. The monoisotopic (exact) mass is 222 g/mol. The molecule has 1 fully saturated rings. The van der Waals surface area contributed by atoms with E-state index in [2.05, 4.69) is 17.4 Å². The predicted octanol–water partition coefficient (Wildman–Crippen LogP) is 3.12. The maximum atomic E-state index is 4.84. The van der Waals surface area contributed by atoms with Crippen molar-refractivity contribution in [1.82, 2.24) is 10.5 Å². The van der Waals surface area contributed by atoms with Crippen LogP contribution >= 0.6 is 0 Å². The van der Waals surface area contributed by atoms with E-state index in [1.165, 1.54) is 38.5 Å². The van der Waals surface area contributed by atoms with Gasteiger partial charge in [-0.05, 0) is 25.2 Å². The summed E-state index contributed by atoms with van der Waals surface area (Å²) >= 11 is 0. The minimum atomic E-state index is 0.662. The van der Waals surface area contributed by atoms with Crippen molar-refractivity contribution in [2.24, 2.45) is 5.92 Å². The second-order valence-corrected chi connectivity index (χ2v) is 4.83. The molecule has 1 saturated carbocycles. The van der Waals surface area contributed by atoms with Crippen molar-refractivity contribution >= 4 is 0 Å². The molecular formula is C13H22N2O. The van der Waals surface area contributed by atoms with Crippen molar-refractivity contribution in [2.45, 2.75) is 58.0 Å². The van der Waals surface area contributed by atoms with Gasteiger partial charge in [0.25, 0.3) is 0 Å². The minimum absolute atomic E-state index is 0.662.